The summed E-state index contributed by atoms with van der Waals surface area (Å²) in [7, 11) is 0. The highest BCUT2D eigenvalue weighted by atomic mass is 16.3. The molecule has 3 heteroatoms. The smallest absolute Gasteiger partial charge is 0.0839 e. The maximum Gasteiger partial charge on any atom is 0.0839 e. The zero-order valence-corrected chi connectivity index (χ0v) is 9.06. The number of hydrogen-bond donors (Lipinski definition) is 2. The SMILES string of the molecule is CC(O)C(N)N1CCc2ccccc2C1. The summed E-state index contributed by atoms with van der Waals surface area (Å²) < 4.78 is 0. The lowest BCUT2D eigenvalue weighted by Gasteiger charge is -2.34. The molecule has 0 saturated carbocycles. The van der Waals surface area contributed by atoms with Crippen LogP contribution in [0.25, 0.3) is 0 Å². The number of rotatable bonds is 2. The Bertz CT molecular complexity index is 338. The van der Waals surface area contributed by atoms with Crippen LogP contribution in [0, 0.1) is 0 Å². The van der Waals surface area contributed by atoms with E-state index in [0.29, 0.717) is 0 Å². The molecule has 2 rings (SSSR count). The quantitative estimate of drug-likeness (QED) is 0.749. The van der Waals surface area contributed by atoms with Gasteiger partial charge in [0.1, 0.15) is 0 Å². The fraction of sp³-hybridized carbons (Fsp3) is 0.500. The molecule has 2 unspecified atom stereocenters. The molecule has 0 aliphatic carbocycles. The van der Waals surface area contributed by atoms with Crippen molar-refractivity contribution in [3.05, 3.63) is 35.4 Å². The van der Waals surface area contributed by atoms with E-state index in [1.54, 1.807) is 6.92 Å². The first kappa shape index (κ1) is 10.6. The van der Waals surface area contributed by atoms with E-state index >= 15 is 0 Å². The third-order valence-corrected chi connectivity index (χ3v) is 3.08. The van der Waals surface area contributed by atoms with Gasteiger partial charge in [-0.05, 0) is 24.5 Å². The highest BCUT2D eigenvalue weighted by Crippen LogP contribution is 2.19. The van der Waals surface area contributed by atoms with Crippen LogP contribution in [0.2, 0.25) is 0 Å². The van der Waals surface area contributed by atoms with Gasteiger partial charge in [-0.2, -0.15) is 0 Å². The lowest BCUT2D eigenvalue weighted by molar-refractivity contribution is 0.0558. The molecule has 82 valence electrons. The van der Waals surface area contributed by atoms with E-state index in [1.165, 1.54) is 11.1 Å². The maximum atomic E-state index is 9.45. The summed E-state index contributed by atoms with van der Waals surface area (Å²) in [6.45, 7) is 3.52. The molecule has 0 amide bonds. The van der Waals surface area contributed by atoms with Crippen LogP contribution in [0.3, 0.4) is 0 Å². The van der Waals surface area contributed by atoms with E-state index in [2.05, 4.69) is 29.2 Å². The Kier molecular flexibility index (Phi) is 3.05. The van der Waals surface area contributed by atoms with Gasteiger partial charge in [0.15, 0.2) is 0 Å². The first-order chi connectivity index (χ1) is 7.18. The zero-order chi connectivity index (χ0) is 10.8. The molecular weight excluding hydrogens is 188 g/mol. The van der Waals surface area contributed by atoms with Gasteiger partial charge in [-0.3, -0.25) is 4.90 Å². The third kappa shape index (κ3) is 2.20. The zero-order valence-electron chi connectivity index (χ0n) is 9.06. The van der Waals surface area contributed by atoms with E-state index < -0.39 is 6.10 Å². The molecule has 1 aliphatic rings. The van der Waals surface area contributed by atoms with Gasteiger partial charge in [-0.15, -0.1) is 0 Å². The van der Waals surface area contributed by atoms with E-state index in [9.17, 15) is 5.11 Å². The molecule has 0 saturated heterocycles. The highest BCUT2D eigenvalue weighted by Gasteiger charge is 2.23. The first-order valence-electron chi connectivity index (χ1n) is 5.43. The standard InChI is InChI=1S/C12H18N2O/c1-9(15)12(13)14-7-6-10-4-2-3-5-11(10)8-14/h2-5,9,12,15H,6-8,13H2,1H3. The van der Waals surface area contributed by atoms with Gasteiger partial charge in [-0.25, -0.2) is 0 Å². The van der Waals surface area contributed by atoms with Gasteiger partial charge >= 0.3 is 0 Å². The van der Waals surface area contributed by atoms with Crippen molar-refractivity contribution in [3.63, 3.8) is 0 Å². The van der Waals surface area contributed by atoms with Crippen molar-refractivity contribution in [1.82, 2.24) is 4.90 Å². The molecule has 15 heavy (non-hydrogen) atoms. The second kappa shape index (κ2) is 4.31. The van der Waals surface area contributed by atoms with Gasteiger partial charge in [0.2, 0.25) is 0 Å². The minimum Gasteiger partial charge on any atom is -0.390 e. The summed E-state index contributed by atoms with van der Waals surface area (Å²) in [4.78, 5) is 2.13. The van der Waals surface area contributed by atoms with E-state index in [4.69, 9.17) is 5.73 Å². The predicted molar refractivity (Wildman–Crippen MR) is 60.2 cm³/mol. The van der Waals surface area contributed by atoms with E-state index in [0.717, 1.165) is 19.5 Å². The molecule has 3 N–H and O–H groups in total. The third-order valence-electron chi connectivity index (χ3n) is 3.08. The van der Waals surface area contributed by atoms with Crippen LogP contribution < -0.4 is 5.73 Å². The van der Waals surface area contributed by atoms with Crippen molar-refractivity contribution < 1.29 is 5.11 Å². The summed E-state index contributed by atoms with van der Waals surface area (Å²) in [5.41, 5.74) is 8.67. The first-order valence-corrected chi connectivity index (χ1v) is 5.43. The Hall–Kier alpha value is -0.900. The molecule has 3 nitrogen and oxygen atoms in total. The van der Waals surface area contributed by atoms with E-state index in [1.807, 2.05) is 0 Å². The Morgan fingerprint density at radius 3 is 2.67 bits per heavy atom. The van der Waals surface area contributed by atoms with Crippen LogP contribution in [-0.2, 0) is 13.0 Å². The highest BCUT2D eigenvalue weighted by molar-refractivity contribution is 5.29. The molecule has 0 bridgehead atoms. The lowest BCUT2D eigenvalue weighted by Crippen LogP contribution is -2.50. The maximum absolute atomic E-state index is 9.45. The average Bonchev–Trinajstić information content (AvgIpc) is 2.27. The van der Waals surface area contributed by atoms with Crippen LogP contribution in [0.15, 0.2) is 24.3 Å². The molecule has 1 aromatic carbocycles. The molecule has 1 aromatic rings. The largest absolute Gasteiger partial charge is 0.390 e. The second-order valence-corrected chi connectivity index (χ2v) is 4.22. The molecule has 0 spiro atoms. The Morgan fingerprint density at radius 2 is 2.00 bits per heavy atom. The lowest BCUT2D eigenvalue weighted by atomic mass is 9.99. The van der Waals surface area contributed by atoms with Crippen LogP contribution >= 0.6 is 0 Å². The number of fused-ring (bicyclic) bond motifs is 1. The number of aliphatic hydroxyl groups excluding tert-OH is 1. The van der Waals surface area contributed by atoms with Crippen molar-refractivity contribution in [2.45, 2.75) is 32.2 Å². The van der Waals surface area contributed by atoms with Crippen LogP contribution in [0.5, 0.6) is 0 Å². The summed E-state index contributed by atoms with van der Waals surface area (Å²) in [6, 6.07) is 8.43. The Labute approximate surface area is 90.5 Å². The van der Waals surface area contributed by atoms with Crippen molar-refractivity contribution in [2.24, 2.45) is 5.73 Å². The van der Waals surface area contributed by atoms with Crippen molar-refractivity contribution >= 4 is 0 Å². The van der Waals surface area contributed by atoms with Crippen molar-refractivity contribution in [3.8, 4) is 0 Å². The predicted octanol–water partition coefficient (Wildman–Crippen LogP) is 0.710. The normalized spacial score (nSPS) is 20.7. The minimum absolute atomic E-state index is 0.252. The summed E-state index contributed by atoms with van der Waals surface area (Å²) in [5.74, 6) is 0. The number of hydrogen-bond acceptors (Lipinski definition) is 3. The average molecular weight is 206 g/mol. The topological polar surface area (TPSA) is 49.5 Å². The fourth-order valence-electron chi connectivity index (χ4n) is 2.08. The molecule has 1 aliphatic heterocycles. The van der Waals surface area contributed by atoms with Gasteiger partial charge in [0, 0.05) is 13.1 Å². The minimum atomic E-state index is -0.477. The summed E-state index contributed by atoms with van der Waals surface area (Å²) >= 11 is 0. The molecule has 0 aromatic heterocycles. The molecule has 0 fully saturated rings. The Balaban J connectivity index is 2.12. The number of benzene rings is 1. The molecule has 0 radical (unpaired) electrons. The number of aliphatic hydroxyl groups is 1. The molecular formula is C12H18N2O. The monoisotopic (exact) mass is 206 g/mol. The van der Waals surface area contributed by atoms with Crippen LogP contribution in [0.4, 0.5) is 0 Å². The molecule has 1 heterocycles. The molecule has 2 atom stereocenters. The van der Waals surface area contributed by atoms with Crippen molar-refractivity contribution in [2.75, 3.05) is 6.54 Å². The summed E-state index contributed by atoms with van der Waals surface area (Å²) in [5, 5.41) is 9.45. The van der Waals surface area contributed by atoms with E-state index in [-0.39, 0.29) is 6.17 Å². The van der Waals surface area contributed by atoms with Gasteiger partial charge in [0.25, 0.3) is 0 Å². The van der Waals surface area contributed by atoms with Crippen LogP contribution in [0.1, 0.15) is 18.1 Å². The summed E-state index contributed by atoms with van der Waals surface area (Å²) in [6.07, 6.45) is 0.296. The van der Waals surface area contributed by atoms with Gasteiger partial charge in [-0.1, -0.05) is 24.3 Å². The fourth-order valence-corrected chi connectivity index (χ4v) is 2.08. The van der Waals surface area contributed by atoms with Gasteiger partial charge < -0.3 is 10.8 Å². The number of nitrogens with two attached hydrogens (primary N) is 1. The number of nitrogens with zero attached hydrogens (tertiary/aromatic N) is 1. The van der Waals surface area contributed by atoms with Crippen LogP contribution in [-0.4, -0.2) is 28.8 Å². The second-order valence-electron chi connectivity index (χ2n) is 4.22. The van der Waals surface area contributed by atoms with Crippen molar-refractivity contribution in [1.29, 1.82) is 0 Å². The Morgan fingerprint density at radius 1 is 1.33 bits per heavy atom. The van der Waals surface area contributed by atoms with Gasteiger partial charge in [0.05, 0.1) is 12.3 Å².